The Labute approximate surface area is 118 Å². The molecule has 1 aromatic carbocycles. The van der Waals surface area contributed by atoms with Gasteiger partial charge in [-0.15, -0.1) is 0 Å². The van der Waals surface area contributed by atoms with Crippen LogP contribution in [-0.2, 0) is 4.79 Å². The van der Waals surface area contributed by atoms with E-state index in [9.17, 15) is 14.7 Å². The average Bonchev–Trinajstić information content (AvgIpc) is 2.43. The molecule has 0 aliphatic heterocycles. The summed E-state index contributed by atoms with van der Waals surface area (Å²) in [5.74, 6) is -1.27. The molecule has 1 rings (SSSR count). The lowest BCUT2D eigenvalue weighted by Gasteiger charge is -2.34. The molecule has 0 spiro atoms. The lowest BCUT2D eigenvalue weighted by atomic mass is 10.0. The van der Waals surface area contributed by atoms with Crippen LogP contribution in [0.25, 0.3) is 6.08 Å². The summed E-state index contributed by atoms with van der Waals surface area (Å²) in [7, 11) is 1.62. The zero-order valence-corrected chi connectivity index (χ0v) is 11.8. The number of hydrogen-bond donors (Lipinski definition) is 2. The molecule has 0 unspecified atom stereocenters. The highest BCUT2D eigenvalue weighted by molar-refractivity contribution is 5.95. The number of aliphatic hydroxyl groups excluding tert-OH is 1. The molecule has 5 nitrogen and oxygen atoms in total. The van der Waals surface area contributed by atoms with E-state index >= 15 is 0 Å². The Morgan fingerprint density at radius 2 is 2.00 bits per heavy atom. The molecule has 0 saturated carbocycles. The highest BCUT2D eigenvalue weighted by Gasteiger charge is 2.27. The number of likely N-dealkylation sites (N-methyl/N-ethyl adjacent to an activating group) is 1. The first-order chi connectivity index (χ1) is 9.27. The number of nitrogens with zero attached hydrogens (tertiary/aromatic N) is 1. The van der Waals surface area contributed by atoms with E-state index in [-0.39, 0.29) is 12.5 Å². The largest absolute Gasteiger partial charge is 0.478 e. The number of aliphatic carboxylic acids is 1. The molecule has 0 saturated heterocycles. The summed E-state index contributed by atoms with van der Waals surface area (Å²) in [6, 6.07) is 6.68. The fraction of sp³-hybridized carbons (Fsp3) is 0.333. The maximum atomic E-state index is 12.3. The minimum atomic E-state index is -1.04. The number of carboxylic acid groups (broad SMARTS) is 1. The van der Waals surface area contributed by atoms with Gasteiger partial charge in [-0.3, -0.25) is 4.79 Å². The van der Waals surface area contributed by atoms with Gasteiger partial charge in [0.2, 0.25) is 0 Å². The minimum absolute atomic E-state index is 0.145. The summed E-state index contributed by atoms with van der Waals surface area (Å²) in [6.45, 7) is 3.38. The Kier molecular flexibility index (Phi) is 5.05. The number of amides is 1. The van der Waals surface area contributed by atoms with Crippen LogP contribution in [0.5, 0.6) is 0 Å². The van der Waals surface area contributed by atoms with Crippen LogP contribution in [0.1, 0.15) is 29.8 Å². The maximum absolute atomic E-state index is 12.3. The van der Waals surface area contributed by atoms with Crippen molar-refractivity contribution in [2.45, 2.75) is 19.4 Å². The minimum Gasteiger partial charge on any atom is -0.478 e. The molecule has 1 amide bonds. The number of carboxylic acids is 1. The van der Waals surface area contributed by atoms with Gasteiger partial charge in [-0.25, -0.2) is 4.79 Å². The van der Waals surface area contributed by atoms with E-state index in [0.717, 1.165) is 6.08 Å². The van der Waals surface area contributed by atoms with E-state index in [2.05, 4.69) is 0 Å². The molecule has 0 radical (unpaired) electrons. The van der Waals surface area contributed by atoms with E-state index in [4.69, 9.17) is 5.11 Å². The maximum Gasteiger partial charge on any atom is 0.328 e. The van der Waals surface area contributed by atoms with Crippen LogP contribution in [-0.4, -0.2) is 46.2 Å². The van der Waals surface area contributed by atoms with E-state index in [1.165, 1.54) is 11.0 Å². The monoisotopic (exact) mass is 277 g/mol. The van der Waals surface area contributed by atoms with Gasteiger partial charge in [-0.1, -0.05) is 12.1 Å². The molecule has 20 heavy (non-hydrogen) atoms. The molecule has 0 aliphatic carbocycles. The molecule has 2 N–H and O–H groups in total. The Hall–Kier alpha value is -2.14. The van der Waals surface area contributed by atoms with Crippen molar-refractivity contribution in [3.05, 3.63) is 41.5 Å². The van der Waals surface area contributed by atoms with Crippen molar-refractivity contribution in [2.75, 3.05) is 13.7 Å². The summed E-state index contributed by atoms with van der Waals surface area (Å²) in [6.07, 6.45) is 2.45. The Bertz CT molecular complexity index is 534. The van der Waals surface area contributed by atoms with Crippen molar-refractivity contribution >= 4 is 18.0 Å². The smallest absolute Gasteiger partial charge is 0.328 e. The van der Waals surface area contributed by atoms with Crippen molar-refractivity contribution in [2.24, 2.45) is 0 Å². The normalized spacial score (nSPS) is 11.6. The molecular formula is C15H19NO4. The third-order valence-electron chi connectivity index (χ3n) is 3.15. The SMILES string of the molecule is CN(C(=O)c1cccc(/C=C/C(=O)O)c1)C(C)(C)CO. The Balaban J connectivity index is 3.00. The first-order valence-electron chi connectivity index (χ1n) is 6.18. The van der Waals surface area contributed by atoms with Gasteiger partial charge in [0.15, 0.2) is 0 Å². The third-order valence-corrected chi connectivity index (χ3v) is 3.15. The van der Waals surface area contributed by atoms with Gasteiger partial charge in [0.1, 0.15) is 0 Å². The molecule has 5 heteroatoms. The van der Waals surface area contributed by atoms with Gasteiger partial charge in [0.25, 0.3) is 5.91 Å². The zero-order chi connectivity index (χ0) is 15.3. The van der Waals surface area contributed by atoms with Crippen LogP contribution in [0.15, 0.2) is 30.3 Å². The van der Waals surface area contributed by atoms with Gasteiger partial charge in [-0.2, -0.15) is 0 Å². The van der Waals surface area contributed by atoms with Crippen LogP contribution in [0.4, 0.5) is 0 Å². The number of hydrogen-bond acceptors (Lipinski definition) is 3. The summed E-state index contributed by atoms with van der Waals surface area (Å²) in [5, 5.41) is 17.9. The van der Waals surface area contributed by atoms with Crippen LogP contribution in [0.2, 0.25) is 0 Å². The topological polar surface area (TPSA) is 77.8 Å². The van der Waals surface area contributed by atoms with E-state index in [1.54, 1.807) is 45.2 Å². The number of benzene rings is 1. The lowest BCUT2D eigenvalue weighted by Crippen LogP contribution is -2.47. The predicted octanol–water partition coefficient (Wildman–Crippen LogP) is 1.63. The molecule has 0 fully saturated rings. The molecule has 108 valence electrons. The van der Waals surface area contributed by atoms with Crippen LogP contribution >= 0.6 is 0 Å². The lowest BCUT2D eigenvalue weighted by molar-refractivity contribution is -0.131. The second-order valence-corrected chi connectivity index (χ2v) is 5.13. The number of rotatable bonds is 5. The van der Waals surface area contributed by atoms with Gasteiger partial charge in [-0.05, 0) is 37.6 Å². The predicted molar refractivity (Wildman–Crippen MR) is 76.4 cm³/mol. The van der Waals surface area contributed by atoms with Crippen molar-refractivity contribution < 1.29 is 19.8 Å². The number of carbonyl (C=O) groups excluding carboxylic acids is 1. The molecule has 0 bridgehead atoms. The Morgan fingerprint density at radius 1 is 1.35 bits per heavy atom. The number of aliphatic hydroxyl groups is 1. The van der Waals surface area contributed by atoms with E-state index in [1.807, 2.05) is 0 Å². The first-order valence-corrected chi connectivity index (χ1v) is 6.18. The molecule has 1 aromatic rings. The van der Waals surface area contributed by atoms with Crippen molar-refractivity contribution in [1.82, 2.24) is 4.90 Å². The summed E-state index contributed by atoms with van der Waals surface area (Å²) in [4.78, 5) is 24.3. The third kappa shape index (κ3) is 3.93. The number of carbonyl (C=O) groups is 2. The Morgan fingerprint density at radius 3 is 2.55 bits per heavy atom. The van der Waals surface area contributed by atoms with Gasteiger partial charge >= 0.3 is 5.97 Å². The fourth-order valence-corrected chi connectivity index (χ4v) is 1.52. The summed E-state index contributed by atoms with van der Waals surface area (Å²) in [5.41, 5.74) is 0.416. The molecular weight excluding hydrogens is 258 g/mol. The molecule has 0 atom stereocenters. The zero-order valence-electron chi connectivity index (χ0n) is 11.8. The van der Waals surface area contributed by atoms with Crippen LogP contribution < -0.4 is 0 Å². The highest BCUT2D eigenvalue weighted by Crippen LogP contribution is 2.16. The van der Waals surface area contributed by atoms with E-state index < -0.39 is 11.5 Å². The molecule has 0 aromatic heterocycles. The van der Waals surface area contributed by atoms with Crippen molar-refractivity contribution in [1.29, 1.82) is 0 Å². The fourth-order valence-electron chi connectivity index (χ4n) is 1.52. The van der Waals surface area contributed by atoms with Crippen LogP contribution in [0.3, 0.4) is 0 Å². The molecule has 0 heterocycles. The standard InChI is InChI=1S/C15H19NO4/c1-15(2,10-17)16(3)14(20)12-6-4-5-11(9-12)7-8-13(18)19/h4-9,17H,10H2,1-3H3,(H,18,19)/b8-7+. The van der Waals surface area contributed by atoms with Gasteiger partial charge < -0.3 is 15.1 Å². The first kappa shape index (κ1) is 15.9. The van der Waals surface area contributed by atoms with E-state index in [0.29, 0.717) is 11.1 Å². The second-order valence-electron chi connectivity index (χ2n) is 5.13. The second kappa shape index (κ2) is 6.34. The summed E-state index contributed by atoms with van der Waals surface area (Å²) < 4.78 is 0. The van der Waals surface area contributed by atoms with Crippen LogP contribution in [0, 0.1) is 0 Å². The van der Waals surface area contributed by atoms with Crippen molar-refractivity contribution in [3.8, 4) is 0 Å². The molecule has 0 aliphatic rings. The quantitative estimate of drug-likeness (QED) is 0.802. The summed E-state index contributed by atoms with van der Waals surface area (Å²) >= 11 is 0. The highest BCUT2D eigenvalue weighted by atomic mass is 16.4. The average molecular weight is 277 g/mol. The van der Waals surface area contributed by atoms with Gasteiger partial charge in [0, 0.05) is 18.7 Å². The van der Waals surface area contributed by atoms with Gasteiger partial charge in [0.05, 0.1) is 12.1 Å². The van der Waals surface area contributed by atoms with Crippen molar-refractivity contribution in [3.63, 3.8) is 0 Å².